The van der Waals surface area contributed by atoms with Crippen LogP contribution in [0.2, 0.25) is 0 Å². The molecule has 1 atom stereocenters. The molecule has 2 rings (SSSR count). The summed E-state index contributed by atoms with van der Waals surface area (Å²) in [5.41, 5.74) is 0.848. The average Bonchev–Trinajstić information content (AvgIpc) is 2.31. The Labute approximate surface area is 93.6 Å². The predicted molar refractivity (Wildman–Crippen MR) is 59.2 cm³/mol. The number of aliphatic hydroxyl groups excluding tert-OH is 1. The molecule has 0 bridgehead atoms. The van der Waals surface area contributed by atoms with E-state index in [1.54, 1.807) is 37.5 Å². The maximum atomic E-state index is 9.34. The average molecular weight is 216 g/mol. The van der Waals surface area contributed by atoms with Gasteiger partial charge in [0.05, 0.1) is 6.10 Å². The molecule has 0 aliphatic heterocycles. The molecule has 0 radical (unpaired) electrons. The smallest absolute Gasteiger partial charge is 0.321 e. The minimum atomic E-state index is -0.470. The lowest BCUT2D eigenvalue weighted by molar-refractivity contribution is 0.199. The SMILES string of the molecule is C[C@@H](O)c1ccc(Oc2ncccn2)cc1. The molecule has 4 heteroatoms. The summed E-state index contributed by atoms with van der Waals surface area (Å²) in [6.07, 6.45) is 2.76. The highest BCUT2D eigenvalue weighted by Crippen LogP contribution is 2.20. The van der Waals surface area contributed by atoms with Crippen LogP contribution in [0.4, 0.5) is 0 Å². The van der Waals surface area contributed by atoms with Gasteiger partial charge in [0.1, 0.15) is 5.75 Å². The number of aromatic nitrogens is 2. The van der Waals surface area contributed by atoms with Gasteiger partial charge in [0.2, 0.25) is 0 Å². The van der Waals surface area contributed by atoms with E-state index < -0.39 is 6.10 Å². The summed E-state index contributed by atoms with van der Waals surface area (Å²) in [5, 5.41) is 9.34. The highest BCUT2D eigenvalue weighted by Gasteiger charge is 2.02. The summed E-state index contributed by atoms with van der Waals surface area (Å²) in [6.45, 7) is 1.72. The Bertz CT molecular complexity index is 440. The molecule has 2 aromatic rings. The highest BCUT2D eigenvalue weighted by molar-refractivity contribution is 5.29. The van der Waals surface area contributed by atoms with E-state index in [2.05, 4.69) is 9.97 Å². The van der Waals surface area contributed by atoms with Crippen LogP contribution >= 0.6 is 0 Å². The van der Waals surface area contributed by atoms with Gasteiger partial charge < -0.3 is 9.84 Å². The molecule has 0 aliphatic rings. The zero-order valence-electron chi connectivity index (χ0n) is 8.87. The van der Waals surface area contributed by atoms with Gasteiger partial charge in [0.15, 0.2) is 0 Å². The number of rotatable bonds is 3. The van der Waals surface area contributed by atoms with Crippen molar-refractivity contribution in [3.63, 3.8) is 0 Å². The van der Waals surface area contributed by atoms with Gasteiger partial charge >= 0.3 is 6.01 Å². The fourth-order valence-electron chi connectivity index (χ4n) is 1.26. The van der Waals surface area contributed by atoms with Crippen molar-refractivity contribution in [2.75, 3.05) is 0 Å². The first-order valence-corrected chi connectivity index (χ1v) is 4.98. The van der Waals surface area contributed by atoms with E-state index in [4.69, 9.17) is 4.74 Å². The van der Waals surface area contributed by atoms with E-state index in [1.165, 1.54) is 0 Å². The molecule has 0 saturated heterocycles. The maximum absolute atomic E-state index is 9.34. The third-order valence-corrected chi connectivity index (χ3v) is 2.11. The summed E-state index contributed by atoms with van der Waals surface area (Å²) >= 11 is 0. The van der Waals surface area contributed by atoms with Crippen LogP contribution in [0.15, 0.2) is 42.7 Å². The fourth-order valence-corrected chi connectivity index (χ4v) is 1.26. The second-order valence-electron chi connectivity index (χ2n) is 3.38. The normalized spacial score (nSPS) is 12.1. The van der Waals surface area contributed by atoms with Gasteiger partial charge in [-0.1, -0.05) is 12.1 Å². The van der Waals surface area contributed by atoms with Gasteiger partial charge in [-0.25, -0.2) is 9.97 Å². The molecule has 82 valence electrons. The molecule has 1 heterocycles. The van der Waals surface area contributed by atoms with E-state index in [0.29, 0.717) is 11.8 Å². The molecule has 0 spiro atoms. The summed E-state index contributed by atoms with van der Waals surface area (Å²) in [5.74, 6) is 0.649. The zero-order valence-corrected chi connectivity index (χ0v) is 8.87. The topological polar surface area (TPSA) is 55.2 Å². The van der Waals surface area contributed by atoms with Gasteiger partial charge in [-0.05, 0) is 30.7 Å². The van der Waals surface area contributed by atoms with E-state index in [9.17, 15) is 5.11 Å². The van der Waals surface area contributed by atoms with Crippen molar-refractivity contribution in [1.29, 1.82) is 0 Å². The van der Waals surface area contributed by atoms with Gasteiger partial charge in [-0.2, -0.15) is 0 Å². The first-order valence-electron chi connectivity index (χ1n) is 4.98. The van der Waals surface area contributed by atoms with Crippen LogP contribution < -0.4 is 4.74 Å². The van der Waals surface area contributed by atoms with Crippen LogP contribution in [0.1, 0.15) is 18.6 Å². The van der Waals surface area contributed by atoms with Gasteiger partial charge in [0.25, 0.3) is 0 Å². The van der Waals surface area contributed by atoms with Crippen LogP contribution in [0.25, 0.3) is 0 Å². The van der Waals surface area contributed by atoms with Crippen molar-refractivity contribution in [1.82, 2.24) is 9.97 Å². The number of benzene rings is 1. The van der Waals surface area contributed by atoms with Gasteiger partial charge in [0, 0.05) is 12.4 Å². The number of hydrogen-bond acceptors (Lipinski definition) is 4. The molecule has 1 N–H and O–H groups in total. The van der Waals surface area contributed by atoms with Crippen LogP contribution in [0, 0.1) is 0 Å². The number of nitrogens with zero attached hydrogens (tertiary/aromatic N) is 2. The van der Waals surface area contributed by atoms with E-state index in [1.807, 2.05) is 12.1 Å². The minimum Gasteiger partial charge on any atom is -0.424 e. The monoisotopic (exact) mass is 216 g/mol. The molecule has 0 unspecified atom stereocenters. The third kappa shape index (κ3) is 2.55. The maximum Gasteiger partial charge on any atom is 0.321 e. The van der Waals surface area contributed by atoms with Crippen molar-refractivity contribution in [3.8, 4) is 11.8 Å². The summed E-state index contributed by atoms with van der Waals surface area (Å²) < 4.78 is 5.41. The number of ether oxygens (including phenoxy) is 1. The molecule has 1 aromatic heterocycles. The summed E-state index contributed by atoms with van der Waals surface area (Å²) in [6, 6.07) is 9.21. The predicted octanol–water partition coefficient (Wildman–Crippen LogP) is 2.32. The Hall–Kier alpha value is -1.94. The standard InChI is InChI=1S/C12H12N2O2/c1-9(15)10-3-5-11(6-4-10)16-12-13-7-2-8-14-12/h2-9,15H,1H3/t9-/m1/s1. The second-order valence-corrected chi connectivity index (χ2v) is 3.38. The number of hydrogen-bond donors (Lipinski definition) is 1. The van der Waals surface area contributed by atoms with Crippen LogP contribution in [-0.4, -0.2) is 15.1 Å². The van der Waals surface area contributed by atoms with Crippen molar-refractivity contribution >= 4 is 0 Å². The molecule has 0 fully saturated rings. The minimum absolute atomic E-state index is 0.312. The highest BCUT2D eigenvalue weighted by atomic mass is 16.5. The van der Waals surface area contributed by atoms with Gasteiger partial charge in [-0.15, -0.1) is 0 Å². The molecule has 16 heavy (non-hydrogen) atoms. The molecule has 0 saturated carbocycles. The van der Waals surface area contributed by atoms with Crippen LogP contribution in [0.5, 0.6) is 11.8 Å². The Morgan fingerprint density at radius 3 is 2.31 bits per heavy atom. The van der Waals surface area contributed by atoms with Crippen molar-refractivity contribution in [3.05, 3.63) is 48.3 Å². The van der Waals surface area contributed by atoms with E-state index >= 15 is 0 Å². The van der Waals surface area contributed by atoms with Crippen LogP contribution in [-0.2, 0) is 0 Å². The van der Waals surface area contributed by atoms with Gasteiger partial charge in [-0.3, -0.25) is 0 Å². The Kier molecular flexibility index (Phi) is 3.12. The lowest BCUT2D eigenvalue weighted by Gasteiger charge is -2.06. The second kappa shape index (κ2) is 4.72. The van der Waals surface area contributed by atoms with Crippen molar-refractivity contribution in [2.45, 2.75) is 13.0 Å². The first-order chi connectivity index (χ1) is 7.75. The Morgan fingerprint density at radius 2 is 1.75 bits per heavy atom. The molecular weight excluding hydrogens is 204 g/mol. The fraction of sp³-hybridized carbons (Fsp3) is 0.167. The van der Waals surface area contributed by atoms with E-state index in [0.717, 1.165) is 5.56 Å². The third-order valence-electron chi connectivity index (χ3n) is 2.11. The van der Waals surface area contributed by atoms with Crippen molar-refractivity contribution < 1.29 is 9.84 Å². The summed E-state index contributed by atoms with van der Waals surface area (Å²) in [7, 11) is 0. The van der Waals surface area contributed by atoms with Crippen LogP contribution in [0.3, 0.4) is 0 Å². The zero-order chi connectivity index (χ0) is 11.4. The quantitative estimate of drug-likeness (QED) is 0.855. The molecule has 4 nitrogen and oxygen atoms in total. The van der Waals surface area contributed by atoms with Crippen molar-refractivity contribution in [2.24, 2.45) is 0 Å². The largest absolute Gasteiger partial charge is 0.424 e. The lowest BCUT2D eigenvalue weighted by atomic mass is 10.1. The molecule has 0 amide bonds. The molecule has 0 aliphatic carbocycles. The summed E-state index contributed by atoms with van der Waals surface area (Å²) in [4.78, 5) is 7.90. The van der Waals surface area contributed by atoms with E-state index in [-0.39, 0.29) is 0 Å². The molecular formula is C12H12N2O2. The Morgan fingerprint density at radius 1 is 1.12 bits per heavy atom. The first kappa shape index (κ1) is 10.6. The molecule has 1 aromatic carbocycles. The lowest BCUT2D eigenvalue weighted by Crippen LogP contribution is -1.92. The number of aliphatic hydroxyl groups is 1. The Balaban J connectivity index is 2.11.